The van der Waals surface area contributed by atoms with E-state index in [1.807, 2.05) is 32.0 Å². The lowest BCUT2D eigenvalue weighted by Crippen LogP contribution is -2.08. The first-order valence-corrected chi connectivity index (χ1v) is 7.52. The van der Waals surface area contributed by atoms with E-state index < -0.39 is 0 Å². The summed E-state index contributed by atoms with van der Waals surface area (Å²) in [6.07, 6.45) is 0. The largest absolute Gasteiger partial charge is 0.493 e. The molecule has 0 saturated carbocycles. The van der Waals surface area contributed by atoms with Crippen molar-refractivity contribution in [1.82, 2.24) is 0 Å². The number of hydrogen-bond donors (Lipinski definition) is 1. The van der Waals surface area contributed by atoms with Crippen molar-refractivity contribution in [2.24, 2.45) is 5.92 Å². The molecule has 2 rings (SSSR count). The molecule has 21 heavy (non-hydrogen) atoms. The van der Waals surface area contributed by atoms with Crippen LogP contribution in [0.2, 0.25) is 0 Å². The van der Waals surface area contributed by atoms with Crippen molar-refractivity contribution in [2.45, 2.75) is 40.7 Å². The molecule has 1 heterocycles. The Labute approximate surface area is 127 Å². The number of nitrogens with one attached hydrogen (secondary N) is 1. The van der Waals surface area contributed by atoms with Gasteiger partial charge in [0.15, 0.2) is 0 Å². The van der Waals surface area contributed by atoms with Gasteiger partial charge in [-0.05, 0) is 44.9 Å². The summed E-state index contributed by atoms with van der Waals surface area (Å²) >= 11 is 0. The average molecular weight is 287 g/mol. The lowest BCUT2D eigenvalue weighted by atomic mass is 10.1. The van der Waals surface area contributed by atoms with Gasteiger partial charge in [-0.1, -0.05) is 19.9 Å². The number of aryl methyl sites for hydroxylation is 2. The number of benzene rings is 1. The fourth-order valence-corrected chi connectivity index (χ4v) is 2.35. The Hall–Kier alpha value is -1.90. The standard InChI is InChI=1S/C18H25NO2/c1-12(2)11-20-17-8-6-7-16(10-17)19-14(4)18-9-13(3)21-15(18)5/h6-10,12,14,19H,11H2,1-5H3. The van der Waals surface area contributed by atoms with Crippen LogP contribution in [0.4, 0.5) is 5.69 Å². The van der Waals surface area contributed by atoms with Crippen LogP contribution in [0.15, 0.2) is 34.7 Å². The van der Waals surface area contributed by atoms with Crippen molar-refractivity contribution in [3.8, 4) is 5.75 Å². The number of furan rings is 1. The van der Waals surface area contributed by atoms with Crippen LogP contribution in [0.1, 0.15) is 43.9 Å². The molecule has 0 bridgehead atoms. The molecule has 0 saturated heterocycles. The van der Waals surface area contributed by atoms with E-state index in [9.17, 15) is 0 Å². The van der Waals surface area contributed by atoms with Crippen LogP contribution in [0.5, 0.6) is 5.75 Å². The van der Waals surface area contributed by atoms with Crippen molar-refractivity contribution >= 4 is 5.69 Å². The summed E-state index contributed by atoms with van der Waals surface area (Å²) in [4.78, 5) is 0. The van der Waals surface area contributed by atoms with E-state index in [4.69, 9.17) is 9.15 Å². The zero-order valence-electron chi connectivity index (χ0n) is 13.6. The lowest BCUT2D eigenvalue weighted by Gasteiger charge is -2.16. The van der Waals surface area contributed by atoms with Crippen molar-refractivity contribution in [1.29, 1.82) is 0 Å². The SMILES string of the molecule is Cc1cc(C(C)Nc2cccc(OCC(C)C)c2)c(C)o1. The van der Waals surface area contributed by atoms with Gasteiger partial charge >= 0.3 is 0 Å². The monoisotopic (exact) mass is 287 g/mol. The van der Waals surface area contributed by atoms with Gasteiger partial charge < -0.3 is 14.5 Å². The summed E-state index contributed by atoms with van der Waals surface area (Å²) in [5, 5.41) is 3.50. The minimum Gasteiger partial charge on any atom is -0.493 e. The molecule has 3 heteroatoms. The van der Waals surface area contributed by atoms with Gasteiger partial charge in [0.2, 0.25) is 0 Å². The Morgan fingerprint density at radius 1 is 1.14 bits per heavy atom. The minimum absolute atomic E-state index is 0.197. The summed E-state index contributed by atoms with van der Waals surface area (Å²) in [6, 6.07) is 10.4. The van der Waals surface area contributed by atoms with E-state index in [1.54, 1.807) is 0 Å². The molecular formula is C18H25NO2. The highest BCUT2D eigenvalue weighted by Crippen LogP contribution is 2.26. The van der Waals surface area contributed by atoms with E-state index >= 15 is 0 Å². The first kappa shape index (κ1) is 15.5. The van der Waals surface area contributed by atoms with Gasteiger partial charge in [0, 0.05) is 17.3 Å². The van der Waals surface area contributed by atoms with Gasteiger partial charge in [-0.15, -0.1) is 0 Å². The third-order valence-corrected chi connectivity index (χ3v) is 3.35. The van der Waals surface area contributed by atoms with Gasteiger partial charge in [0.25, 0.3) is 0 Å². The summed E-state index contributed by atoms with van der Waals surface area (Å²) in [7, 11) is 0. The molecule has 0 aliphatic carbocycles. The molecule has 114 valence electrons. The lowest BCUT2D eigenvalue weighted by molar-refractivity contribution is 0.271. The van der Waals surface area contributed by atoms with Gasteiger partial charge in [0.05, 0.1) is 12.6 Å². The van der Waals surface area contributed by atoms with Crippen LogP contribution >= 0.6 is 0 Å². The Morgan fingerprint density at radius 3 is 2.52 bits per heavy atom. The molecule has 2 aromatic rings. The molecule has 0 spiro atoms. The number of ether oxygens (including phenoxy) is 1. The Balaban J connectivity index is 2.05. The molecule has 0 aliphatic heterocycles. The van der Waals surface area contributed by atoms with Crippen molar-refractivity contribution < 1.29 is 9.15 Å². The number of rotatable bonds is 6. The summed E-state index contributed by atoms with van der Waals surface area (Å²) in [5.41, 5.74) is 2.25. The summed E-state index contributed by atoms with van der Waals surface area (Å²) in [5.74, 6) is 3.35. The molecule has 1 atom stereocenters. The molecule has 1 N–H and O–H groups in total. The average Bonchev–Trinajstić information content (AvgIpc) is 2.76. The smallest absolute Gasteiger partial charge is 0.121 e. The van der Waals surface area contributed by atoms with Gasteiger partial charge in [-0.25, -0.2) is 0 Å². The Kier molecular flexibility index (Phi) is 4.94. The second-order valence-electron chi connectivity index (χ2n) is 5.97. The van der Waals surface area contributed by atoms with Crippen LogP contribution in [0, 0.1) is 19.8 Å². The van der Waals surface area contributed by atoms with Crippen LogP contribution in [0.25, 0.3) is 0 Å². The molecule has 1 aromatic carbocycles. The highest BCUT2D eigenvalue weighted by atomic mass is 16.5. The van der Waals surface area contributed by atoms with Gasteiger partial charge in [0.1, 0.15) is 17.3 Å². The van der Waals surface area contributed by atoms with Crippen molar-refractivity contribution in [3.05, 3.63) is 47.4 Å². The van der Waals surface area contributed by atoms with Crippen molar-refractivity contribution in [2.75, 3.05) is 11.9 Å². The minimum atomic E-state index is 0.197. The maximum absolute atomic E-state index is 5.76. The van der Waals surface area contributed by atoms with Crippen LogP contribution in [-0.2, 0) is 0 Å². The fourth-order valence-electron chi connectivity index (χ4n) is 2.35. The van der Waals surface area contributed by atoms with E-state index in [1.165, 1.54) is 5.56 Å². The predicted octanol–water partition coefficient (Wildman–Crippen LogP) is 5.10. The zero-order valence-corrected chi connectivity index (χ0v) is 13.6. The molecule has 0 aliphatic rings. The second kappa shape index (κ2) is 6.70. The molecule has 3 nitrogen and oxygen atoms in total. The fraction of sp³-hybridized carbons (Fsp3) is 0.444. The van der Waals surface area contributed by atoms with Crippen molar-refractivity contribution in [3.63, 3.8) is 0 Å². The maximum atomic E-state index is 5.76. The van der Waals surface area contributed by atoms with E-state index in [2.05, 4.69) is 38.2 Å². The number of anilines is 1. The second-order valence-corrected chi connectivity index (χ2v) is 5.97. The van der Waals surface area contributed by atoms with Gasteiger partial charge in [-0.3, -0.25) is 0 Å². The molecule has 0 radical (unpaired) electrons. The normalized spacial score (nSPS) is 12.5. The molecule has 0 fully saturated rings. The predicted molar refractivity (Wildman–Crippen MR) is 87.0 cm³/mol. The highest BCUT2D eigenvalue weighted by molar-refractivity contribution is 5.50. The topological polar surface area (TPSA) is 34.4 Å². The van der Waals surface area contributed by atoms with E-state index in [-0.39, 0.29) is 6.04 Å². The third-order valence-electron chi connectivity index (χ3n) is 3.35. The first-order valence-electron chi connectivity index (χ1n) is 7.52. The summed E-state index contributed by atoms with van der Waals surface area (Å²) in [6.45, 7) is 11.1. The third kappa shape index (κ3) is 4.28. The van der Waals surface area contributed by atoms with E-state index in [0.29, 0.717) is 5.92 Å². The summed E-state index contributed by atoms with van der Waals surface area (Å²) < 4.78 is 11.4. The maximum Gasteiger partial charge on any atom is 0.121 e. The number of hydrogen-bond acceptors (Lipinski definition) is 3. The first-order chi connectivity index (χ1) is 9.95. The zero-order chi connectivity index (χ0) is 15.4. The van der Waals surface area contributed by atoms with E-state index in [0.717, 1.165) is 29.6 Å². The Bertz CT molecular complexity index is 587. The molecule has 1 aromatic heterocycles. The van der Waals surface area contributed by atoms with Crippen LogP contribution in [-0.4, -0.2) is 6.61 Å². The quantitative estimate of drug-likeness (QED) is 0.802. The highest BCUT2D eigenvalue weighted by Gasteiger charge is 2.12. The molecular weight excluding hydrogens is 262 g/mol. The molecule has 1 unspecified atom stereocenters. The van der Waals surface area contributed by atoms with Gasteiger partial charge in [-0.2, -0.15) is 0 Å². The molecule has 0 amide bonds. The van der Waals surface area contributed by atoms with Crippen LogP contribution < -0.4 is 10.1 Å². The van der Waals surface area contributed by atoms with Crippen LogP contribution in [0.3, 0.4) is 0 Å². The Morgan fingerprint density at radius 2 is 1.90 bits per heavy atom.